The van der Waals surface area contributed by atoms with Gasteiger partial charge in [0.2, 0.25) is 5.91 Å². The fourth-order valence-corrected chi connectivity index (χ4v) is 3.67. The number of aromatic nitrogens is 2. The average Bonchev–Trinajstić information content (AvgIpc) is 3.22. The van der Waals surface area contributed by atoms with E-state index in [2.05, 4.69) is 9.97 Å². The number of nitrogens with zero attached hydrogens (tertiary/aromatic N) is 3. The molecule has 3 aliphatic rings. The largest absolute Gasteiger partial charge is 0.342 e. The molecule has 2 amide bonds. The summed E-state index contributed by atoms with van der Waals surface area (Å²) in [6.45, 7) is 4.36. The van der Waals surface area contributed by atoms with E-state index < -0.39 is 0 Å². The number of nitrogens with one attached hydrogen (secondary N) is 1. The quantitative estimate of drug-likeness (QED) is 0.852. The normalized spacial score (nSPS) is 22.3. The van der Waals surface area contributed by atoms with E-state index in [9.17, 15) is 14.4 Å². The molecule has 0 atom stereocenters. The third kappa shape index (κ3) is 2.54. The number of aromatic amines is 1. The van der Waals surface area contributed by atoms with E-state index >= 15 is 0 Å². The lowest BCUT2D eigenvalue weighted by atomic mass is 9.79. The predicted molar refractivity (Wildman–Crippen MR) is 82.0 cm³/mol. The van der Waals surface area contributed by atoms with Crippen molar-refractivity contribution in [3.05, 3.63) is 27.9 Å². The Morgan fingerprint density at radius 2 is 1.96 bits per heavy atom. The molecule has 1 spiro atoms. The minimum absolute atomic E-state index is 0.0435. The first-order valence-corrected chi connectivity index (χ1v) is 8.12. The van der Waals surface area contributed by atoms with E-state index in [1.165, 1.54) is 6.07 Å². The number of carbonyl (C=O) groups excluding carboxylic acids is 2. The highest BCUT2D eigenvalue weighted by Gasteiger charge is 2.50. The van der Waals surface area contributed by atoms with E-state index in [-0.39, 0.29) is 28.5 Å². The van der Waals surface area contributed by atoms with Gasteiger partial charge in [-0.1, -0.05) is 0 Å². The smallest absolute Gasteiger partial charge is 0.272 e. The van der Waals surface area contributed by atoms with E-state index in [0.29, 0.717) is 24.8 Å². The molecule has 0 unspecified atom stereocenters. The van der Waals surface area contributed by atoms with Crippen LogP contribution in [0.5, 0.6) is 0 Å². The fraction of sp³-hybridized carbons (Fsp3) is 0.625. The van der Waals surface area contributed by atoms with Gasteiger partial charge < -0.3 is 14.8 Å². The third-order valence-corrected chi connectivity index (χ3v) is 5.17. The molecule has 2 saturated heterocycles. The van der Waals surface area contributed by atoms with Crippen LogP contribution < -0.4 is 5.56 Å². The monoisotopic (exact) mass is 316 g/mol. The first kappa shape index (κ1) is 14.4. The van der Waals surface area contributed by atoms with Crippen LogP contribution in [0.4, 0.5) is 0 Å². The van der Waals surface area contributed by atoms with Gasteiger partial charge in [0.05, 0.1) is 0 Å². The molecule has 1 aromatic heterocycles. The molecule has 1 aliphatic carbocycles. The van der Waals surface area contributed by atoms with E-state index in [1.54, 1.807) is 11.8 Å². The maximum atomic E-state index is 12.6. The number of carbonyl (C=O) groups is 2. The van der Waals surface area contributed by atoms with Gasteiger partial charge in [-0.3, -0.25) is 14.4 Å². The van der Waals surface area contributed by atoms with Crippen molar-refractivity contribution in [2.75, 3.05) is 26.2 Å². The molecule has 0 aromatic carbocycles. The van der Waals surface area contributed by atoms with Gasteiger partial charge in [0.1, 0.15) is 11.5 Å². The summed E-state index contributed by atoms with van der Waals surface area (Å²) in [5.41, 5.74) is 0.0259. The summed E-state index contributed by atoms with van der Waals surface area (Å²) >= 11 is 0. The van der Waals surface area contributed by atoms with Gasteiger partial charge in [-0.2, -0.15) is 0 Å². The van der Waals surface area contributed by atoms with Crippen molar-refractivity contribution < 1.29 is 9.59 Å². The summed E-state index contributed by atoms with van der Waals surface area (Å²) in [7, 11) is 0. The van der Waals surface area contributed by atoms with Crippen molar-refractivity contribution in [3.63, 3.8) is 0 Å². The van der Waals surface area contributed by atoms with Gasteiger partial charge in [-0.25, -0.2) is 4.98 Å². The summed E-state index contributed by atoms with van der Waals surface area (Å²) in [5.74, 6) is 0.860. The molecule has 7 heteroatoms. The van der Waals surface area contributed by atoms with Crippen LogP contribution in [0.1, 0.15) is 48.4 Å². The zero-order chi connectivity index (χ0) is 16.2. The van der Waals surface area contributed by atoms with Crippen LogP contribution in [-0.4, -0.2) is 57.8 Å². The molecule has 122 valence electrons. The second-order valence-corrected chi connectivity index (χ2v) is 7.14. The lowest BCUT2D eigenvalue weighted by Crippen LogP contribution is -2.59. The highest BCUT2D eigenvalue weighted by molar-refractivity contribution is 5.93. The van der Waals surface area contributed by atoms with Crippen molar-refractivity contribution in [2.45, 2.75) is 32.1 Å². The Labute approximate surface area is 133 Å². The molecular weight excluding hydrogens is 296 g/mol. The van der Waals surface area contributed by atoms with Crippen molar-refractivity contribution in [1.82, 2.24) is 19.8 Å². The molecule has 3 heterocycles. The summed E-state index contributed by atoms with van der Waals surface area (Å²) in [4.78, 5) is 46.4. The van der Waals surface area contributed by atoms with E-state index in [1.807, 2.05) is 4.90 Å². The number of amides is 2. The Bertz CT molecular complexity index is 731. The maximum absolute atomic E-state index is 12.6. The highest BCUT2D eigenvalue weighted by atomic mass is 16.2. The molecule has 2 aliphatic heterocycles. The van der Waals surface area contributed by atoms with Crippen LogP contribution in [-0.2, 0) is 4.79 Å². The Hall–Kier alpha value is -2.18. The molecule has 1 aromatic rings. The van der Waals surface area contributed by atoms with Crippen molar-refractivity contribution >= 4 is 11.8 Å². The van der Waals surface area contributed by atoms with Crippen LogP contribution in [0.2, 0.25) is 0 Å². The molecule has 1 saturated carbocycles. The van der Waals surface area contributed by atoms with Crippen LogP contribution >= 0.6 is 0 Å². The highest BCUT2D eigenvalue weighted by Crippen LogP contribution is 2.40. The molecule has 7 nitrogen and oxygen atoms in total. The molecule has 3 fully saturated rings. The maximum Gasteiger partial charge on any atom is 0.272 e. The first-order valence-electron chi connectivity index (χ1n) is 8.12. The van der Waals surface area contributed by atoms with Gasteiger partial charge in [-0.05, 0) is 19.3 Å². The molecular formula is C16H20N4O3. The van der Waals surface area contributed by atoms with Crippen LogP contribution in [0.15, 0.2) is 10.9 Å². The van der Waals surface area contributed by atoms with Crippen LogP contribution in [0, 0.1) is 5.41 Å². The molecule has 0 radical (unpaired) electrons. The average molecular weight is 316 g/mol. The first-order chi connectivity index (χ1) is 11.0. The van der Waals surface area contributed by atoms with Gasteiger partial charge in [0.25, 0.3) is 11.5 Å². The predicted octanol–water partition coefficient (Wildman–Crippen LogP) is 0.342. The Balaban J connectivity index is 1.46. The summed E-state index contributed by atoms with van der Waals surface area (Å²) in [6, 6.07) is 1.29. The summed E-state index contributed by atoms with van der Waals surface area (Å²) < 4.78 is 0. The number of hydrogen-bond donors (Lipinski definition) is 1. The zero-order valence-corrected chi connectivity index (χ0v) is 13.2. The molecule has 23 heavy (non-hydrogen) atoms. The number of hydrogen-bond acceptors (Lipinski definition) is 4. The topological polar surface area (TPSA) is 86.4 Å². The second kappa shape index (κ2) is 4.91. The molecule has 0 bridgehead atoms. The molecule has 4 rings (SSSR count). The van der Waals surface area contributed by atoms with Crippen molar-refractivity contribution in [2.24, 2.45) is 5.41 Å². The zero-order valence-electron chi connectivity index (χ0n) is 13.2. The fourth-order valence-electron chi connectivity index (χ4n) is 3.67. The third-order valence-electron chi connectivity index (χ3n) is 5.17. The van der Waals surface area contributed by atoms with Crippen molar-refractivity contribution in [3.8, 4) is 0 Å². The minimum atomic E-state index is -0.260. The van der Waals surface area contributed by atoms with Gasteiger partial charge in [-0.15, -0.1) is 0 Å². The van der Waals surface area contributed by atoms with Crippen molar-refractivity contribution in [1.29, 1.82) is 0 Å². The number of H-pyrrole nitrogens is 1. The SMILES string of the molecule is CC(=O)N1CCC2(C1)CN(C(=O)c1cc(=O)[nH]c(C3CC3)n1)C2. The van der Waals surface area contributed by atoms with Crippen LogP contribution in [0.3, 0.4) is 0 Å². The number of likely N-dealkylation sites (tertiary alicyclic amines) is 2. The number of rotatable bonds is 2. The second-order valence-electron chi connectivity index (χ2n) is 7.14. The van der Waals surface area contributed by atoms with Gasteiger partial charge in [0, 0.05) is 50.5 Å². The van der Waals surface area contributed by atoms with Gasteiger partial charge >= 0.3 is 0 Å². The van der Waals surface area contributed by atoms with Crippen LogP contribution in [0.25, 0.3) is 0 Å². The Kier molecular flexibility index (Phi) is 3.08. The summed E-state index contributed by atoms with van der Waals surface area (Å²) in [5, 5.41) is 0. The Morgan fingerprint density at radius 1 is 1.26 bits per heavy atom. The lowest BCUT2D eigenvalue weighted by Gasteiger charge is -2.47. The van der Waals surface area contributed by atoms with Gasteiger partial charge in [0.15, 0.2) is 0 Å². The standard InChI is InChI=1S/C16H20N4O3/c1-10(21)19-5-4-16(7-19)8-20(9-16)15(23)12-6-13(22)18-14(17-12)11-2-3-11/h6,11H,2-5,7-9H2,1H3,(H,17,18,22). The van der Waals surface area contributed by atoms with E-state index in [0.717, 1.165) is 32.4 Å². The lowest BCUT2D eigenvalue weighted by molar-refractivity contribution is -0.128. The Morgan fingerprint density at radius 3 is 2.57 bits per heavy atom. The minimum Gasteiger partial charge on any atom is -0.342 e. The molecule has 1 N–H and O–H groups in total. The van der Waals surface area contributed by atoms with E-state index in [4.69, 9.17) is 0 Å². The summed E-state index contributed by atoms with van der Waals surface area (Å²) in [6.07, 6.45) is 2.98.